The molecule has 0 spiro atoms. The summed E-state index contributed by atoms with van der Waals surface area (Å²) in [5, 5.41) is 15.7. The summed E-state index contributed by atoms with van der Waals surface area (Å²) in [5.74, 6) is 3.21. The van der Waals surface area contributed by atoms with E-state index in [-0.39, 0.29) is 11.8 Å². The van der Waals surface area contributed by atoms with E-state index in [1.165, 1.54) is 12.5 Å². The van der Waals surface area contributed by atoms with Crippen LogP contribution < -0.4 is 15.1 Å². The number of anilines is 4. The highest BCUT2D eigenvalue weighted by Gasteiger charge is 2.39. The van der Waals surface area contributed by atoms with Crippen molar-refractivity contribution >= 4 is 44.8 Å². The van der Waals surface area contributed by atoms with Crippen LogP contribution in [-0.4, -0.2) is 73.2 Å². The maximum absolute atomic E-state index is 14.7. The van der Waals surface area contributed by atoms with Gasteiger partial charge in [-0.05, 0) is 48.4 Å². The van der Waals surface area contributed by atoms with Gasteiger partial charge in [-0.25, -0.2) is 14.4 Å². The molecule has 0 unspecified atom stereocenters. The Morgan fingerprint density at radius 3 is 2.59 bits per heavy atom. The lowest BCUT2D eigenvalue weighted by Gasteiger charge is -2.42. The van der Waals surface area contributed by atoms with E-state index in [1.807, 2.05) is 20.0 Å². The van der Waals surface area contributed by atoms with Gasteiger partial charge in [0.2, 0.25) is 5.95 Å². The maximum Gasteiger partial charge on any atom is 0.227 e. The van der Waals surface area contributed by atoms with E-state index in [1.54, 1.807) is 17.2 Å². The Hall–Kier alpha value is -2.85. The normalized spacial score (nSPS) is 22.9. The van der Waals surface area contributed by atoms with E-state index in [0.29, 0.717) is 42.4 Å². The number of rotatable bonds is 8. The number of benzene rings is 1. The lowest BCUT2D eigenvalue weighted by Crippen LogP contribution is -2.52. The van der Waals surface area contributed by atoms with Crippen molar-refractivity contribution in [2.24, 2.45) is 5.92 Å². The van der Waals surface area contributed by atoms with Gasteiger partial charge in [0.1, 0.15) is 11.6 Å². The van der Waals surface area contributed by atoms with Crippen LogP contribution in [0.3, 0.4) is 0 Å². The second-order valence-electron chi connectivity index (χ2n) is 11.7. The summed E-state index contributed by atoms with van der Waals surface area (Å²) in [5.41, 5.74) is 0.693. The first-order valence-corrected chi connectivity index (χ1v) is 15.2. The van der Waals surface area contributed by atoms with E-state index in [4.69, 9.17) is 4.98 Å². The molecule has 5 rings (SSSR count). The van der Waals surface area contributed by atoms with Crippen LogP contribution in [0.4, 0.5) is 27.7 Å². The molecule has 0 amide bonds. The molecule has 2 aliphatic rings. The van der Waals surface area contributed by atoms with Crippen LogP contribution in [0, 0.1) is 5.92 Å². The largest absolute Gasteiger partial charge is 0.390 e. The highest BCUT2D eigenvalue weighted by Crippen LogP contribution is 2.37. The predicted octanol–water partition coefficient (Wildman–Crippen LogP) is 4.78. The molecule has 10 heteroatoms. The number of aliphatic hydroxyl groups excluding tert-OH is 1. The fraction of sp³-hybridized carbons (Fsp3) is 0.552. The average molecular weight is 555 g/mol. The number of pyridine rings is 1. The number of nitrogens with zero attached hydrogens (tertiary/aromatic N) is 5. The van der Waals surface area contributed by atoms with Gasteiger partial charge in [-0.2, -0.15) is 4.98 Å². The Morgan fingerprint density at radius 2 is 1.90 bits per heavy atom. The molecular weight excluding hydrogens is 515 g/mol. The van der Waals surface area contributed by atoms with Gasteiger partial charge in [0.25, 0.3) is 0 Å². The van der Waals surface area contributed by atoms with E-state index in [0.717, 1.165) is 35.3 Å². The second kappa shape index (κ2) is 11.0. The first-order valence-electron chi connectivity index (χ1n) is 13.8. The first-order chi connectivity index (χ1) is 18.5. The van der Waals surface area contributed by atoms with Crippen molar-refractivity contribution in [3.63, 3.8) is 0 Å². The van der Waals surface area contributed by atoms with Crippen molar-refractivity contribution in [3.05, 3.63) is 42.2 Å². The maximum atomic E-state index is 14.7. The number of hydrogen-bond donors (Lipinski definition) is 2. The smallest absolute Gasteiger partial charge is 0.227 e. The number of alkyl halides is 1. The van der Waals surface area contributed by atoms with Crippen molar-refractivity contribution in [2.45, 2.75) is 64.0 Å². The van der Waals surface area contributed by atoms with E-state index in [2.05, 4.69) is 52.2 Å². The summed E-state index contributed by atoms with van der Waals surface area (Å²) < 4.78 is 27.0. The number of nitrogens with one attached hydrogen (secondary N) is 1. The molecule has 2 saturated heterocycles. The molecule has 1 aromatic carbocycles. The van der Waals surface area contributed by atoms with Crippen LogP contribution in [0.15, 0.2) is 36.7 Å². The zero-order chi connectivity index (χ0) is 27.9. The van der Waals surface area contributed by atoms with Gasteiger partial charge >= 0.3 is 0 Å². The summed E-state index contributed by atoms with van der Waals surface area (Å²) in [6.07, 6.45) is 2.91. The molecule has 3 aromatic rings. The molecule has 0 radical (unpaired) electrons. The first kappa shape index (κ1) is 27.7. The summed E-state index contributed by atoms with van der Waals surface area (Å²) in [7, 11) is -0.781. The fourth-order valence-electron chi connectivity index (χ4n) is 5.40. The average Bonchev–Trinajstić information content (AvgIpc) is 2.86. The molecule has 2 N–H and O–H groups in total. The van der Waals surface area contributed by atoms with Crippen molar-refractivity contribution < 1.29 is 13.7 Å². The minimum absolute atomic E-state index is 0.0388. The van der Waals surface area contributed by atoms with Crippen molar-refractivity contribution in [1.29, 1.82) is 0 Å². The summed E-state index contributed by atoms with van der Waals surface area (Å²) in [6, 6.07) is 8.22. The molecule has 4 heterocycles. The molecule has 39 heavy (non-hydrogen) atoms. The van der Waals surface area contributed by atoms with Crippen LogP contribution in [0.1, 0.15) is 52.5 Å². The zero-order valence-corrected chi connectivity index (χ0v) is 24.2. The molecule has 0 saturated carbocycles. The minimum atomic E-state index is -1.71. The molecule has 3 atom stereocenters. The van der Waals surface area contributed by atoms with Crippen LogP contribution >= 0.6 is 0 Å². The Kier molecular flexibility index (Phi) is 7.79. The van der Waals surface area contributed by atoms with Gasteiger partial charge in [0.05, 0.1) is 12.6 Å². The zero-order valence-electron chi connectivity index (χ0n) is 23.4. The van der Waals surface area contributed by atoms with Gasteiger partial charge in [-0.1, -0.05) is 33.8 Å². The lowest BCUT2D eigenvalue weighted by atomic mass is 9.93. The van der Waals surface area contributed by atoms with Gasteiger partial charge in [-0.3, -0.25) is 4.21 Å². The van der Waals surface area contributed by atoms with Crippen molar-refractivity contribution in [3.8, 4) is 0 Å². The SMILES string of the molecule is CC(C)c1ccc(N2CC(C[S@](=O)C(C)C)C2)c2cnc(Nc3ccnc(N4CC[C@@H](O)[C@@](C)(F)C4)n3)cc12. The Morgan fingerprint density at radius 1 is 1.13 bits per heavy atom. The fourth-order valence-corrected chi connectivity index (χ4v) is 6.46. The minimum Gasteiger partial charge on any atom is -0.390 e. The molecule has 0 aliphatic carbocycles. The third-order valence-electron chi connectivity index (χ3n) is 7.81. The van der Waals surface area contributed by atoms with Gasteiger partial charge < -0.3 is 20.2 Å². The van der Waals surface area contributed by atoms with E-state index < -0.39 is 22.6 Å². The molecule has 2 aromatic heterocycles. The lowest BCUT2D eigenvalue weighted by molar-refractivity contribution is -0.00860. The Bertz CT molecular complexity index is 1360. The third-order valence-corrected chi connectivity index (χ3v) is 9.66. The summed E-state index contributed by atoms with van der Waals surface area (Å²) in [6.45, 7) is 12.2. The van der Waals surface area contributed by atoms with Gasteiger partial charge in [0.15, 0.2) is 5.67 Å². The van der Waals surface area contributed by atoms with Crippen molar-refractivity contribution in [1.82, 2.24) is 15.0 Å². The third kappa shape index (κ3) is 5.87. The Labute approximate surface area is 232 Å². The van der Waals surface area contributed by atoms with Crippen LogP contribution in [0.5, 0.6) is 0 Å². The van der Waals surface area contributed by atoms with E-state index >= 15 is 0 Å². The van der Waals surface area contributed by atoms with Gasteiger partial charge in [0, 0.05) is 70.8 Å². The number of piperidine rings is 1. The summed E-state index contributed by atoms with van der Waals surface area (Å²) in [4.78, 5) is 17.8. The molecule has 2 aliphatic heterocycles. The van der Waals surface area contributed by atoms with Crippen LogP contribution in [0.2, 0.25) is 0 Å². The van der Waals surface area contributed by atoms with Crippen LogP contribution in [-0.2, 0) is 10.8 Å². The summed E-state index contributed by atoms with van der Waals surface area (Å²) >= 11 is 0. The van der Waals surface area contributed by atoms with E-state index in [9.17, 15) is 13.7 Å². The molecule has 0 bridgehead atoms. The van der Waals surface area contributed by atoms with Gasteiger partial charge in [-0.15, -0.1) is 0 Å². The monoisotopic (exact) mass is 554 g/mol. The molecule has 210 valence electrons. The van der Waals surface area contributed by atoms with Crippen LogP contribution in [0.25, 0.3) is 10.8 Å². The number of aliphatic hydroxyl groups is 1. The quantitative estimate of drug-likeness (QED) is 0.411. The second-order valence-corrected chi connectivity index (χ2v) is 13.7. The van der Waals surface area contributed by atoms with Crippen molar-refractivity contribution in [2.75, 3.05) is 47.0 Å². The molecule has 2 fully saturated rings. The predicted molar refractivity (Wildman–Crippen MR) is 157 cm³/mol. The molecular formula is C29H39FN6O2S. The Balaban J connectivity index is 1.37. The number of halogens is 1. The standard InChI is InChI=1S/C29H39FN6O2S/c1-18(2)21-6-7-24(36-14-20(15-36)16-39(38)19(3)4)23-13-32-27(12-22(21)23)33-26-8-10-31-28(34-26)35-11-9-25(37)29(5,30)17-35/h6-8,10,12-13,18-20,25,37H,9,11,14-17H2,1-5H3,(H,31,32,33,34)/t25-,29+,39+/m1/s1. The highest BCUT2D eigenvalue weighted by atomic mass is 32.2. The number of hydrogen-bond acceptors (Lipinski definition) is 8. The highest BCUT2D eigenvalue weighted by molar-refractivity contribution is 7.85. The number of aromatic nitrogens is 3. The molecule has 8 nitrogen and oxygen atoms in total. The topological polar surface area (TPSA) is 94.5 Å². The number of fused-ring (bicyclic) bond motifs is 1.